The number of rotatable bonds is 4. The minimum absolute atomic E-state index is 0.147. The molecule has 152 valence electrons. The number of nitrogens with one attached hydrogen (secondary N) is 2. The van der Waals surface area contributed by atoms with Gasteiger partial charge in [-0.15, -0.1) is 0 Å². The molecular weight excluding hydrogens is 430 g/mol. The van der Waals surface area contributed by atoms with Crippen LogP contribution in [0.15, 0.2) is 33.7 Å². The quantitative estimate of drug-likeness (QED) is 0.576. The van der Waals surface area contributed by atoms with Gasteiger partial charge in [0.05, 0.1) is 11.1 Å². The van der Waals surface area contributed by atoms with Crippen LogP contribution in [0.1, 0.15) is 64.5 Å². The molecule has 1 aliphatic carbocycles. The first-order chi connectivity index (χ1) is 13.8. The molecule has 1 saturated carbocycles. The van der Waals surface area contributed by atoms with E-state index >= 15 is 0 Å². The molecular formula is C23H26BrN3O2. The van der Waals surface area contributed by atoms with Crippen molar-refractivity contribution in [1.82, 2.24) is 14.9 Å². The Kier molecular flexibility index (Phi) is 5.38. The largest absolute Gasteiger partial charge is 0.348 e. The van der Waals surface area contributed by atoms with Gasteiger partial charge in [-0.1, -0.05) is 28.8 Å². The minimum Gasteiger partial charge on any atom is -0.348 e. The highest BCUT2D eigenvalue weighted by Gasteiger charge is 2.22. The molecule has 2 aromatic heterocycles. The summed E-state index contributed by atoms with van der Waals surface area (Å²) < 4.78 is 3.23. The van der Waals surface area contributed by atoms with Gasteiger partial charge >= 0.3 is 0 Å². The molecule has 0 saturated heterocycles. The maximum Gasteiger partial charge on any atom is 0.253 e. The lowest BCUT2D eigenvalue weighted by molar-refractivity contribution is 0.0952. The van der Waals surface area contributed by atoms with Crippen LogP contribution in [-0.2, 0) is 6.54 Å². The Labute approximate surface area is 178 Å². The number of fused-ring (bicyclic) bond motifs is 1. The van der Waals surface area contributed by atoms with Crippen LogP contribution in [0.2, 0.25) is 0 Å². The number of hydrogen-bond acceptors (Lipinski definition) is 2. The summed E-state index contributed by atoms with van der Waals surface area (Å²) in [6.07, 6.45) is 7.07. The number of nitrogens with zero attached hydrogens (tertiary/aromatic N) is 1. The van der Waals surface area contributed by atoms with Gasteiger partial charge in [-0.2, -0.15) is 0 Å². The molecule has 0 unspecified atom stereocenters. The van der Waals surface area contributed by atoms with E-state index in [0.29, 0.717) is 17.2 Å². The van der Waals surface area contributed by atoms with Gasteiger partial charge in [0.2, 0.25) is 0 Å². The number of benzene rings is 1. The van der Waals surface area contributed by atoms with Gasteiger partial charge in [0.1, 0.15) is 0 Å². The molecule has 0 radical (unpaired) electrons. The molecule has 0 aliphatic heterocycles. The smallest absolute Gasteiger partial charge is 0.253 e. The van der Waals surface area contributed by atoms with E-state index in [1.54, 1.807) is 0 Å². The number of aromatic amines is 1. The molecule has 6 heteroatoms. The Morgan fingerprint density at radius 1 is 1.17 bits per heavy atom. The Hall–Kier alpha value is -2.34. The lowest BCUT2D eigenvalue weighted by Gasteiger charge is -2.14. The van der Waals surface area contributed by atoms with Crippen molar-refractivity contribution >= 4 is 32.7 Å². The number of carbonyl (C=O) groups excluding carboxylic acids is 1. The van der Waals surface area contributed by atoms with Crippen molar-refractivity contribution in [2.24, 2.45) is 0 Å². The molecule has 1 aliphatic rings. The third-order valence-electron chi connectivity index (χ3n) is 5.97. The zero-order valence-electron chi connectivity index (χ0n) is 17.1. The third-order valence-corrected chi connectivity index (χ3v) is 6.43. The van der Waals surface area contributed by atoms with Crippen molar-refractivity contribution in [3.05, 3.63) is 67.2 Å². The molecule has 5 nitrogen and oxygen atoms in total. The number of pyridine rings is 1. The predicted octanol–water partition coefficient (Wildman–Crippen LogP) is 5.06. The van der Waals surface area contributed by atoms with Crippen LogP contribution in [0, 0.1) is 20.8 Å². The van der Waals surface area contributed by atoms with Crippen LogP contribution < -0.4 is 10.9 Å². The first-order valence-electron chi connectivity index (χ1n) is 10.1. The number of amides is 1. The fourth-order valence-electron chi connectivity index (χ4n) is 4.58. The van der Waals surface area contributed by atoms with Crippen LogP contribution in [0.4, 0.5) is 0 Å². The molecule has 0 spiro atoms. The fraction of sp³-hybridized carbons (Fsp3) is 0.391. The molecule has 2 heterocycles. The predicted molar refractivity (Wildman–Crippen MR) is 120 cm³/mol. The maximum absolute atomic E-state index is 13.1. The number of hydrogen-bond donors (Lipinski definition) is 2. The molecule has 1 fully saturated rings. The Bertz CT molecular complexity index is 1150. The van der Waals surface area contributed by atoms with Crippen LogP contribution in [0.3, 0.4) is 0 Å². The summed E-state index contributed by atoms with van der Waals surface area (Å²) in [5, 5.41) is 3.95. The summed E-state index contributed by atoms with van der Waals surface area (Å²) in [5.41, 5.74) is 4.99. The van der Waals surface area contributed by atoms with Gasteiger partial charge in [0, 0.05) is 39.9 Å². The summed E-state index contributed by atoms with van der Waals surface area (Å²) in [6, 6.07) is 6.40. The summed E-state index contributed by atoms with van der Waals surface area (Å²) >= 11 is 3.58. The van der Waals surface area contributed by atoms with E-state index in [4.69, 9.17) is 0 Å². The Morgan fingerprint density at radius 2 is 1.90 bits per heavy atom. The van der Waals surface area contributed by atoms with Crippen molar-refractivity contribution in [1.29, 1.82) is 0 Å². The average molecular weight is 456 g/mol. The number of halogens is 1. The zero-order chi connectivity index (χ0) is 20.7. The topological polar surface area (TPSA) is 66.9 Å². The van der Waals surface area contributed by atoms with Crippen LogP contribution in [0.5, 0.6) is 0 Å². The molecule has 0 atom stereocenters. The van der Waals surface area contributed by atoms with E-state index in [1.165, 1.54) is 25.7 Å². The zero-order valence-corrected chi connectivity index (χ0v) is 18.6. The lowest BCUT2D eigenvalue weighted by atomic mass is 10.1. The van der Waals surface area contributed by atoms with Crippen LogP contribution >= 0.6 is 15.9 Å². The van der Waals surface area contributed by atoms with Crippen molar-refractivity contribution in [3.8, 4) is 0 Å². The first-order valence-corrected chi connectivity index (χ1v) is 10.9. The summed E-state index contributed by atoms with van der Waals surface area (Å²) in [4.78, 5) is 28.2. The highest BCUT2D eigenvalue weighted by molar-refractivity contribution is 9.10. The SMILES string of the molecule is Cc1cc(C)c(CNC(=O)c2cc(Br)cc3c2c(C)cn3C2CCCC2)c(=O)[nH]1. The van der Waals surface area contributed by atoms with E-state index in [-0.39, 0.29) is 18.0 Å². The van der Waals surface area contributed by atoms with Gasteiger partial charge in [0.15, 0.2) is 0 Å². The van der Waals surface area contributed by atoms with E-state index < -0.39 is 0 Å². The number of aromatic nitrogens is 2. The number of carbonyl (C=O) groups is 1. The molecule has 1 aromatic carbocycles. The van der Waals surface area contributed by atoms with E-state index in [9.17, 15) is 9.59 Å². The second kappa shape index (κ2) is 7.82. The van der Waals surface area contributed by atoms with Crippen LogP contribution in [-0.4, -0.2) is 15.5 Å². The Balaban J connectivity index is 1.68. The number of aryl methyl sites for hydroxylation is 3. The second-order valence-electron chi connectivity index (χ2n) is 8.13. The van der Waals surface area contributed by atoms with Crippen molar-refractivity contribution < 1.29 is 4.79 Å². The van der Waals surface area contributed by atoms with Crippen molar-refractivity contribution in [2.75, 3.05) is 0 Å². The monoisotopic (exact) mass is 455 g/mol. The minimum atomic E-state index is -0.164. The van der Waals surface area contributed by atoms with Crippen molar-refractivity contribution in [3.63, 3.8) is 0 Å². The van der Waals surface area contributed by atoms with Gasteiger partial charge in [-0.3, -0.25) is 9.59 Å². The van der Waals surface area contributed by atoms with E-state index in [1.807, 2.05) is 26.0 Å². The summed E-state index contributed by atoms with van der Waals surface area (Å²) in [6.45, 7) is 6.02. The van der Waals surface area contributed by atoms with E-state index in [2.05, 4.69) is 50.0 Å². The molecule has 4 rings (SSSR count). The summed E-state index contributed by atoms with van der Waals surface area (Å²) in [7, 11) is 0. The molecule has 3 aromatic rings. The van der Waals surface area contributed by atoms with Gasteiger partial charge in [-0.05, 0) is 62.9 Å². The molecule has 29 heavy (non-hydrogen) atoms. The Morgan fingerprint density at radius 3 is 2.59 bits per heavy atom. The molecule has 1 amide bonds. The summed E-state index contributed by atoms with van der Waals surface area (Å²) in [5.74, 6) is -0.164. The molecule has 2 N–H and O–H groups in total. The normalized spacial score (nSPS) is 14.6. The molecule has 0 bridgehead atoms. The highest BCUT2D eigenvalue weighted by atomic mass is 79.9. The van der Waals surface area contributed by atoms with Gasteiger partial charge in [-0.25, -0.2) is 0 Å². The maximum atomic E-state index is 13.1. The van der Waals surface area contributed by atoms with Gasteiger partial charge < -0.3 is 14.9 Å². The highest BCUT2D eigenvalue weighted by Crippen LogP contribution is 2.36. The van der Waals surface area contributed by atoms with Crippen LogP contribution in [0.25, 0.3) is 10.9 Å². The first kappa shape index (κ1) is 20.0. The third kappa shape index (κ3) is 3.78. The van der Waals surface area contributed by atoms with Gasteiger partial charge in [0.25, 0.3) is 11.5 Å². The number of H-pyrrole nitrogens is 1. The van der Waals surface area contributed by atoms with E-state index in [0.717, 1.165) is 32.2 Å². The lowest BCUT2D eigenvalue weighted by Crippen LogP contribution is -2.28. The standard InChI is InChI=1S/C23H26BrN3O2/c1-13-8-15(3)26-23(29)19(13)11-25-22(28)18-9-16(24)10-20-21(18)14(2)12-27(20)17-6-4-5-7-17/h8-10,12,17H,4-7,11H2,1-3H3,(H,25,28)(H,26,29). The fourth-order valence-corrected chi connectivity index (χ4v) is 5.03. The van der Waals surface area contributed by atoms with Crippen molar-refractivity contribution in [2.45, 2.75) is 59.0 Å². The average Bonchev–Trinajstić information content (AvgIpc) is 3.28. The second-order valence-corrected chi connectivity index (χ2v) is 9.05.